The van der Waals surface area contributed by atoms with Gasteiger partial charge in [-0.2, -0.15) is 0 Å². The number of likely N-dealkylation sites (N-methyl/N-ethyl adjacent to an activating group) is 1. The van der Waals surface area contributed by atoms with Crippen LogP contribution in [0.4, 0.5) is 0 Å². The molecule has 0 saturated heterocycles. The van der Waals surface area contributed by atoms with E-state index in [0.29, 0.717) is 12.8 Å². The molecule has 55 heavy (non-hydrogen) atoms. The van der Waals surface area contributed by atoms with Crippen molar-refractivity contribution >= 4 is 17.9 Å². The summed E-state index contributed by atoms with van der Waals surface area (Å²) in [6, 6.07) is -0.734. The van der Waals surface area contributed by atoms with Crippen LogP contribution < -0.4 is 5.11 Å². The second-order valence-corrected chi connectivity index (χ2v) is 15.6. The van der Waals surface area contributed by atoms with E-state index < -0.39 is 18.1 Å². The summed E-state index contributed by atoms with van der Waals surface area (Å²) in [5, 5.41) is 11.6. The maximum atomic E-state index is 12.7. The van der Waals surface area contributed by atoms with Gasteiger partial charge in [0.25, 0.3) is 0 Å². The van der Waals surface area contributed by atoms with Crippen LogP contribution in [0, 0.1) is 0 Å². The molecule has 0 aromatic heterocycles. The van der Waals surface area contributed by atoms with Gasteiger partial charge >= 0.3 is 11.9 Å². The number of esters is 2. The first kappa shape index (κ1) is 52.0. The highest BCUT2D eigenvalue weighted by molar-refractivity contribution is 5.70. The fourth-order valence-corrected chi connectivity index (χ4v) is 6.06. The molecule has 8 heteroatoms. The van der Waals surface area contributed by atoms with Crippen molar-refractivity contribution in [2.24, 2.45) is 0 Å². The van der Waals surface area contributed by atoms with Crippen molar-refractivity contribution in [2.75, 3.05) is 41.0 Å². The van der Waals surface area contributed by atoms with E-state index in [9.17, 15) is 19.5 Å². The van der Waals surface area contributed by atoms with Crippen LogP contribution in [0.1, 0.15) is 168 Å². The number of hydrogen-bond donors (Lipinski definition) is 0. The number of aliphatic carboxylic acids is 1. The number of hydrogen-bond acceptors (Lipinski definition) is 7. The highest BCUT2D eigenvalue weighted by Gasteiger charge is 2.25. The van der Waals surface area contributed by atoms with Crippen molar-refractivity contribution in [3.63, 3.8) is 0 Å². The summed E-state index contributed by atoms with van der Waals surface area (Å²) in [5.41, 5.74) is 0. The molecule has 0 amide bonds. The molecule has 0 heterocycles. The van der Waals surface area contributed by atoms with Crippen molar-refractivity contribution in [1.29, 1.82) is 0 Å². The van der Waals surface area contributed by atoms with E-state index in [4.69, 9.17) is 14.2 Å². The molecule has 0 aromatic carbocycles. The fourth-order valence-electron chi connectivity index (χ4n) is 6.06. The Labute approximate surface area is 337 Å². The van der Waals surface area contributed by atoms with Crippen LogP contribution in [0.2, 0.25) is 0 Å². The normalized spacial score (nSPS) is 13.5. The summed E-state index contributed by atoms with van der Waals surface area (Å²) < 4.78 is 17.1. The van der Waals surface area contributed by atoms with Crippen LogP contribution in [0.3, 0.4) is 0 Å². The van der Waals surface area contributed by atoms with Crippen molar-refractivity contribution < 1.29 is 38.2 Å². The second kappa shape index (κ2) is 37.9. The average Bonchev–Trinajstić information content (AvgIpc) is 3.14. The lowest BCUT2D eigenvalue weighted by molar-refractivity contribution is -0.889. The van der Waals surface area contributed by atoms with Gasteiger partial charge in [-0.25, -0.2) is 0 Å². The minimum absolute atomic E-state index is 0.0248. The van der Waals surface area contributed by atoms with Crippen LogP contribution in [-0.4, -0.2) is 75.5 Å². The Hall–Kier alpha value is -2.97. The number of ether oxygens (including phenoxy) is 3. The van der Waals surface area contributed by atoms with Crippen LogP contribution in [0.5, 0.6) is 0 Å². The SMILES string of the molecule is CC/C=C/C=C/C=C/CCCCCCCC(=O)OC(COCCC(C(=O)[O-])[N+](C)(C)C)COC(=O)CCCCCCC/C=C/C=C/CCCCCCCCC. The van der Waals surface area contributed by atoms with Crippen LogP contribution >= 0.6 is 0 Å². The van der Waals surface area contributed by atoms with Gasteiger partial charge in [-0.15, -0.1) is 0 Å². The minimum atomic E-state index is -1.13. The standard InChI is InChI=1S/C47H81NO7/c1-6-8-10-12-14-16-18-20-21-22-23-24-26-27-29-31-33-35-37-45(49)54-42-43(41-53-40-39-44(47(51)52)48(3,4)5)55-46(50)38-36-34-32-30-28-25-19-17-15-13-11-9-7-2/h9,11,13,15,17,19,21-24,43-44H,6-8,10,12,14,16,18,20,25-42H2,1-5H3/b11-9+,15-13+,19-17+,22-21+,24-23+. The zero-order chi connectivity index (χ0) is 40.7. The van der Waals surface area contributed by atoms with Crippen LogP contribution in [0.25, 0.3) is 0 Å². The number of quaternary nitrogens is 1. The maximum Gasteiger partial charge on any atom is 0.306 e. The molecule has 0 fully saturated rings. The molecule has 0 N–H and O–H groups in total. The third-order valence-electron chi connectivity index (χ3n) is 9.48. The number of carboxylic acid groups (broad SMARTS) is 1. The molecule has 0 rings (SSSR count). The van der Waals surface area contributed by atoms with Crippen molar-refractivity contribution in [3.05, 3.63) is 60.8 Å². The molecular weight excluding hydrogens is 691 g/mol. The Bertz CT molecular complexity index is 1090. The fraction of sp³-hybridized carbons (Fsp3) is 0.723. The highest BCUT2D eigenvalue weighted by atomic mass is 16.6. The van der Waals surface area contributed by atoms with Gasteiger partial charge in [-0.05, 0) is 57.8 Å². The first-order valence-corrected chi connectivity index (χ1v) is 21.9. The Morgan fingerprint density at radius 2 is 1.02 bits per heavy atom. The quantitative estimate of drug-likeness (QED) is 0.0266. The summed E-state index contributed by atoms with van der Waals surface area (Å²) in [4.78, 5) is 36.8. The molecule has 0 radical (unpaired) electrons. The maximum absolute atomic E-state index is 12.7. The molecule has 0 saturated carbocycles. The molecule has 8 nitrogen and oxygen atoms in total. The largest absolute Gasteiger partial charge is 0.544 e. The van der Waals surface area contributed by atoms with Crippen molar-refractivity contribution in [2.45, 2.75) is 180 Å². The summed E-state index contributed by atoms with van der Waals surface area (Å²) in [5.74, 6) is -1.79. The van der Waals surface area contributed by atoms with E-state index in [0.717, 1.165) is 83.5 Å². The van der Waals surface area contributed by atoms with Crippen LogP contribution in [-0.2, 0) is 28.6 Å². The molecule has 0 aromatic rings. The van der Waals surface area contributed by atoms with E-state index in [1.807, 2.05) is 12.2 Å². The first-order valence-electron chi connectivity index (χ1n) is 21.9. The Morgan fingerprint density at radius 1 is 0.564 bits per heavy atom. The highest BCUT2D eigenvalue weighted by Crippen LogP contribution is 2.13. The molecular formula is C47H81NO7. The summed E-state index contributed by atoms with van der Waals surface area (Å²) in [7, 11) is 5.38. The van der Waals surface area contributed by atoms with Gasteiger partial charge in [-0.1, -0.05) is 152 Å². The molecule has 2 unspecified atom stereocenters. The van der Waals surface area contributed by atoms with E-state index in [2.05, 4.69) is 62.5 Å². The predicted molar refractivity (Wildman–Crippen MR) is 226 cm³/mol. The van der Waals surface area contributed by atoms with Gasteiger partial charge in [0.1, 0.15) is 12.6 Å². The number of carbonyl (C=O) groups is 3. The topological polar surface area (TPSA) is 102 Å². The monoisotopic (exact) mass is 772 g/mol. The average molecular weight is 772 g/mol. The van der Waals surface area contributed by atoms with E-state index in [1.165, 1.54) is 51.4 Å². The van der Waals surface area contributed by atoms with Crippen molar-refractivity contribution in [3.8, 4) is 0 Å². The number of nitrogens with zero attached hydrogens (tertiary/aromatic N) is 1. The molecule has 2 atom stereocenters. The third kappa shape index (κ3) is 36.4. The number of carboxylic acids is 1. The Morgan fingerprint density at radius 3 is 1.51 bits per heavy atom. The van der Waals surface area contributed by atoms with E-state index in [1.54, 1.807) is 21.1 Å². The zero-order valence-electron chi connectivity index (χ0n) is 35.8. The molecule has 0 bridgehead atoms. The molecule has 0 aliphatic rings. The van der Waals surface area contributed by atoms with Crippen LogP contribution in [0.15, 0.2) is 60.8 Å². The smallest absolute Gasteiger partial charge is 0.306 e. The van der Waals surface area contributed by atoms with Gasteiger partial charge in [-0.3, -0.25) is 9.59 Å². The van der Waals surface area contributed by atoms with E-state index >= 15 is 0 Å². The van der Waals surface area contributed by atoms with Gasteiger partial charge in [0, 0.05) is 19.3 Å². The number of unbranched alkanes of at least 4 members (excludes halogenated alkanes) is 17. The number of allylic oxidation sites excluding steroid dienone is 10. The molecule has 0 spiro atoms. The van der Waals surface area contributed by atoms with E-state index in [-0.39, 0.29) is 42.7 Å². The van der Waals surface area contributed by atoms with Crippen molar-refractivity contribution in [1.82, 2.24) is 0 Å². The van der Waals surface area contributed by atoms with Gasteiger partial charge in [0.15, 0.2) is 6.10 Å². The Balaban J connectivity index is 4.39. The summed E-state index contributed by atoms with van der Waals surface area (Å²) in [6.45, 7) is 4.47. The Kier molecular flexibility index (Phi) is 35.9. The molecule has 0 aliphatic carbocycles. The lowest BCUT2D eigenvalue weighted by atomic mass is 10.1. The predicted octanol–water partition coefficient (Wildman–Crippen LogP) is 10.5. The minimum Gasteiger partial charge on any atom is -0.544 e. The first-order chi connectivity index (χ1) is 26.6. The number of rotatable bonds is 38. The summed E-state index contributed by atoms with van der Waals surface area (Å²) >= 11 is 0. The molecule has 316 valence electrons. The van der Waals surface area contributed by atoms with Gasteiger partial charge in [0.2, 0.25) is 0 Å². The lowest BCUT2D eigenvalue weighted by Crippen LogP contribution is -2.55. The second-order valence-electron chi connectivity index (χ2n) is 15.6. The molecule has 0 aliphatic heterocycles. The lowest BCUT2D eigenvalue weighted by Gasteiger charge is -2.34. The number of carbonyl (C=O) groups excluding carboxylic acids is 3. The third-order valence-corrected chi connectivity index (χ3v) is 9.48. The van der Waals surface area contributed by atoms with Gasteiger partial charge < -0.3 is 28.6 Å². The summed E-state index contributed by atoms with van der Waals surface area (Å²) in [6.07, 6.45) is 45.3. The zero-order valence-corrected chi connectivity index (χ0v) is 35.8. The van der Waals surface area contributed by atoms with Gasteiger partial charge in [0.05, 0.1) is 40.3 Å².